The summed E-state index contributed by atoms with van der Waals surface area (Å²) < 4.78 is 0. The quantitative estimate of drug-likeness (QED) is 0.163. The van der Waals surface area contributed by atoms with Crippen molar-refractivity contribution in [2.24, 2.45) is 0 Å². The standard InChI is InChI=1S/2C10H14.2C9H12.3C6H6O/c2*1-10(2,3)9-7-5-4-6-8-9;2*1-8(2)9-6-4-3-5-7-9;3*7-6-4-2-1-3-5-6/h2*4-8H,1-3H3;2*3-8H,1-2H3;3*1-5,7H. The van der Waals surface area contributed by atoms with Gasteiger partial charge in [-0.05, 0) is 81.3 Å². The van der Waals surface area contributed by atoms with Crippen molar-refractivity contribution in [2.45, 2.75) is 91.9 Å². The third-order valence-electron chi connectivity index (χ3n) is 8.48. The van der Waals surface area contributed by atoms with Crippen LogP contribution in [0.2, 0.25) is 0 Å². The van der Waals surface area contributed by atoms with E-state index in [1.807, 2.05) is 30.3 Å². The number of aromatic hydroxyl groups is 3. The highest BCUT2D eigenvalue weighted by Gasteiger charge is 2.12. The van der Waals surface area contributed by atoms with Gasteiger partial charge in [0.2, 0.25) is 0 Å². The first kappa shape index (κ1) is 51.0. The SMILES string of the molecule is CC(C)(C)c1ccccc1.CC(C)(C)c1ccccc1.CC(C)c1ccccc1.CC(C)c1ccccc1.Oc1ccccc1.Oc1ccccc1.Oc1ccccc1. The third-order valence-corrected chi connectivity index (χ3v) is 8.48. The molecular weight excluding hydrogens is 721 g/mol. The highest BCUT2D eigenvalue weighted by molar-refractivity contribution is 5.24. The van der Waals surface area contributed by atoms with Crippen LogP contribution in [-0.2, 0) is 10.8 Å². The van der Waals surface area contributed by atoms with Crippen molar-refractivity contribution in [3.05, 3.63) is 235 Å². The Bertz CT molecular complexity index is 1770. The van der Waals surface area contributed by atoms with Gasteiger partial charge in [-0.1, -0.05) is 245 Å². The van der Waals surface area contributed by atoms with Gasteiger partial charge >= 0.3 is 0 Å². The lowest BCUT2D eigenvalue weighted by molar-refractivity contribution is 0.475. The van der Waals surface area contributed by atoms with E-state index in [4.69, 9.17) is 15.3 Å². The molecular formula is C56H70O3. The number of para-hydroxylation sites is 3. The van der Waals surface area contributed by atoms with Crippen LogP contribution in [-0.4, -0.2) is 15.3 Å². The molecule has 7 aromatic carbocycles. The summed E-state index contributed by atoms with van der Waals surface area (Å²) in [6.07, 6.45) is 0. The molecule has 0 heterocycles. The average Bonchev–Trinajstić information content (AvgIpc) is 3.24. The summed E-state index contributed by atoms with van der Waals surface area (Å²) in [5.74, 6) is 2.28. The molecule has 0 spiro atoms. The van der Waals surface area contributed by atoms with Gasteiger partial charge in [-0.3, -0.25) is 0 Å². The van der Waals surface area contributed by atoms with E-state index in [1.165, 1.54) is 22.3 Å². The lowest BCUT2D eigenvalue weighted by Crippen LogP contribution is -2.10. The Morgan fingerprint density at radius 3 is 0.542 bits per heavy atom. The van der Waals surface area contributed by atoms with Crippen LogP contribution in [0.25, 0.3) is 0 Å². The van der Waals surface area contributed by atoms with E-state index >= 15 is 0 Å². The first-order valence-electron chi connectivity index (χ1n) is 20.4. The summed E-state index contributed by atoms with van der Waals surface area (Å²) in [5, 5.41) is 25.9. The fourth-order valence-electron chi connectivity index (χ4n) is 4.84. The van der Waals surface area contributed by atoms with Crippen molar-refractivity contribution in [3.8, 4) is 17.2 Å². The summed E-state index contributed by atoms with van der Waals surface area (Å²) >= 11 is 0. The molecule has 312 valence electrons. The highest BCUT2D eigenvalue weighted by atomic mass is 16.3. The number of phenolic OH excluding ortho intramolecular Hbond substituents is 3. The predicted molar refractivity (Wildman–Crippen MR) is 256 cm³/mol. The summed E-state index contributed by atoms with van der Waals surface area (Å²) in [5.41, 5.74) is 6.21. The van der Waals surface area contributed by atoms with E-state index in [-0.39, 0.29) is 0 Å². The van der Waals surface area contributed by atoms with Gasteiger partial charge in [0.15, 0.2) is 0 Å². The average molecular weight is 791 g/mol. The summed E-state index contributed by atoms with van der Waals surface area (Å²) in [6.45, 7) is 22.2. The van der Waals surface area contributed by atoms with E-state index in [0.29, 0.717) is 39.9 Å². The Kier molecular flexibility index (Phi) is 25.2. The van der Waals surface area contributed by atoms with Crippen LogP contribution in [0.1, 0.15) is 103 Å². The molecule has 7 aromatic rings. The number of hydrogen-bond donors (Lipinski definition) is 3. The topological polar surface area (TPSA) is 60.7 Å². The molecule has 0 radical (unpaired) electrons. The number of phenols is 3. The zero-order valence-electron chi connectivity index (χ0n) is 37.2. The summed E-state index contributed by atoms with van der Waals surface area (Å²) in [4.78, 5) is 0. The molecule has 0 atom stereocenters. The molecule has 0 bridgehead atoms. The van der Waals surface area contributed by atoms with Crippen LogP contribution in [0.15, 0.2) is 212 Å². The van der Waals surface area contributed by atoms with Gasteiger partial charge in [-0.25, -0.2) is 0 Å². The fraction of sp³-hybridized carbons (Fsp3) is 0.250. The lowest BCUT2D eigenvalue weighted by atomic mass is 9.87. The maximum atomic E-state index is 8.63. The second kappa shape index (κ2) is 29.2. The molecule has 0 saturated heterocycles. The molecule has 0 aliphatic rings. The monoisotopic (exact) mass is 791 g/mol. The van der Waals surface area contributed by atoms with Crippen LogP contribution in [0.4, 0.5) is 0 Å². The normalized spacial score (nSPS) is 10.0. The second-order valence-electron chi connectivity index (χ2n) is 16.4. The van der Waals surface area contributed by atoms with Crippen LogP contribution >= 0.6 is 0 Å². The van der Waals surface area contributed by atoms with Gasteiger partial charge in [-0.2, -0.15) is 0 Å². The maximum Gasteiger partial charge on any atom is 0.115 e. The lowest BCUT2D eigenvalue weighted by Gasteiger charge is -2.18. The Morgan fingerprint density at radius 1 is 0.271 bits per heavy atom. The summed E-state index contributed by atoms with van der Waals surface area (Å²) in [7, 11) is 0. The molecule has 7 rings (SSSR count). The zero-order valence-corrected chi connectivity index (χ0v) is 37.2. The van der Waals surface area contributed by atoms with Crippen LogP contribution in [0, 0.1) is 0 Å². The predicted octanol–water partition coefficient (Wildman–Crippen LogP) is 15.8. The molecule has 59 heavy (non-hydrogen) atoms. The minimum Gasteiger partial charge on any atom is -0.508 e. The van der Waals surface area contributed by atoms with Gasteiger partial charge in [0.25, 0.3) is 0 Å². The Hall–Kier alpha value is -6.06. The molecule has 0 fully saturated rings. The first-order valence-corrected chi connectivity index (χ1v) is 20.4. The van der Waals surface area contributed by atoms with E-state index < -0.39 is 0 Å². The number of benzene rings is 7. The van der Waals surface area contributed by atoms with Gasteiger partial charge in [0.05, 0.1) is 0 Å². The number of hydrogen-bond acceptors (Lipinski definition) is 3. The molecule has 0 amide bonds. The molecule has 0 unspecified atom stereocenters. The van der Waals surface area contributed by atoms with E-state index in [9.17, 15) is 0 Å². The second-order valence-corrected chi connectivity index (χ2v) is 16.4. The number of rotatable bonds is 2. The minimum atomic E-state index is 0.293. The van der Waals surface area contributed by atoms with Crippen LogP contribution in [0.3, 0.4) is 0 Å². The first-order chi connectivity index (χ1) is 28.0. The molecule has 3 heteroatoms. The van der Waals surface area contributed by atoms with Gasteiger partial charge in [0.1, 0.15) is 17.2 Å². The molecule has 0 saturated carbocycles. The van der Waals surface area contributed by atoms with Crippen molar-refractivity contribution < 1.29 is 15.3 Å². The Balaban J connectivity index is 0.000000346. The highest BCUT2D eigenvalue weighted by Crippen LogP contribution is 2.21. The summed E-state index contributed by atoms with van der Waals surface area (Å²) in [6, 6.07) is 68.3. The molecule has 0 aliphatic carbocycles. The zero-order chi connectivity index (χ0) is 43.9. The van der Waals surface area contributed by atoms with Crippen molar-refractivity contribution in [3.63, 3.8) is 0 Å². The van der Waals surface area contributed by atoms with E-state index in [0.717, 1.165) is 0 Å². The largest absolute Gasteiger partial charge is 0.508 e. The molecule has 0 aromatic heterocycles. The fourth-order valence-corrected chi connectivity index (χ4v) is 4.84. The third kappa shape index (κ3) is 26.5. The van der Waals surface area contributed by atoms with Crippen molar-refractivity contribution >= 4 is 0 Å². The van der Waals surface area contributed by atoms with Crippen LogP contribution < -0.4 is 0 Å². The van der Waals surface area contributed by atoms with Crippen molar-refractivity contribution in [1.82, 2.24) is 0 Å². The Morgan fingerprint density at radius 2 is 0.441 bits per heavy atom. The van der Waals surface area contributed by atoms with Crippen molar-refractivity contribution in [1.29, 1.82) is 0 Å². The van der Waals surface area contributed by atoms with E-state index in [2.05, 4.69) is 178 Å². The van der Waals surface area contributed by atoms with Gasteiger partial charge in [-0.15, -0.1) is 0 Å². The molecule has 0 aliphatic heterocycles. The Labute approximate surface area is 357 Å². The molecule has 3 nitrogen and oxygen atoms in total. The molecule has 3 N–H and O–H groups in total. The van der Waals surface area contributed by atoms with Crippen molar-refractivity contribution in [2.75, 3.05) is 0 Å². The smallest absolute Gasteiger partial charge is 0.115 e. The van der Waals surface area contributed by atoms with Crippen LogP contribution in [0.5, 0.6) is 17.2 Å². The van der Waals surface area contributed by atoms with E-state index in [1.54, 1.807) is 72.8 Å². The van der Waals surface area contributed by atoms with Gasteiger partial charge in [0, 0.05) is 0 Å². The van der Waals surface area contributed by atoms with Gasteiger partial charge < -0.3 is 15.3 Å². The maximum absolute atomic E-state index is 8.63. The minimum absolute atomic E-state index is 0.293.